The molecule has 0 fully saturated rings. The van der Waals surface area contributed by atoms with Crippen molar-refractivity contribution in [3.05, 3.63) is 69.5 Å². The van der Waals surface area contributed by atoms with Gasteiger partial charge in [0.1, 0.15) is 5.82 Å². The number of rotatable bonds is 6. The molecule has 112 valence electrons. The lowest BCUT2D eigenvalue weighted by atomic mass is 9.92. The van der Waals surface area contributed by atoms with Gasteiger partial charge in [0, 0.05) is 17.5 Å². The van der Waals surface area contributed by atoms with Crippen LogP contribution >= 0.6 is 23.2 Å². The van der Waals surface area contributed by atoms with E-state index < -0.39 is 0 Å². The molecule has 0 aliphatic rings. The molecular weight excluding hydrogens is 308 g/mol. The van der Waals surface area contributed by atoms with Crippen LogP contribution in [0.2, 0.25) is 10.0 Å². The van der Waals surface area contributed by atoms with Gasteiger partial charge in [-0.1, -0.05) is 48.3 Å². The maximum absolute atomic E-state index is 13.2. The highest BCUT2D eigenvalue weighted by Crippen LogP contribution is 2.24. The Balaban J connectivity index is 2.19. The van der Waals surface area contributed by atoms with Crippen molar-refractivity contribution >= 4 is 23.2 Å². The lowest BCUT2D eigenvalue weighted by molar-refractivity contribution is 0.592. The van der Waals surface area contributed by atoms with Gasteiger partial charge in [-0.2, -0.15) is 0 Å². The van der Waals surface area contributed by atoms with E-state index in [0.717, 1.165) is 30.1 Å². The zero-order valence-corrected chi connectivity index (χ0v) is 13.4. The van der Waals surface area contributed by atoms with Crippen LogP contribution in [0.1, 0.15) is 24.0 Å². The third-order valence-corrected chi connectivity index (χ3v) is 3.99. The summed E-state index contributed by atoms with van der Waals surface area (Å²) >= 11 is 11.8. The Morgan fingerprint density at radius 3 is 2.43 bits per heavy atom. The lowest BCUT2D eigenvalue weighted by Gasteiger charge is -2.18. The molecule has 0 spiro atoms. The standard InChI is InChI=1S/C17H18Cl2FN/c1-2-21-11-14(13-4-6-15(18)7-5-13)9-12-3-8-17(20)16(19)10-12/h3-8,10,14,21H,2,9,11H2,1H3. The van der Waals surface area contributed by atoms with Crippen molar-refractivity contribution in [2.75, 3.05) is 13.1 Å². The molecule has 0 aliphatic carbocycles. The van der Waals surface area contributed by atoms with Crippen LogP contribution in [0.5, 0.6) is 0 Å². The molecule has 21 heavy (non-hydrogen) atoms. The molecule has 0 saturated heterocycles. The second kappa shape index (κ2) is 7.79. The zero-order valence-electron chi connectivity index (χ0n) is 11.9. The van der Waals surface area contributed by atoms with Gasteiger partial charge in [0.15, 0.2) is 0 Å². The summed E-state index contributed by atoms with van der Waals surface area (Å²) in [5.41, 5.74) is 2.24. The largest absolute Gasteiger partial charge is 0.316 e. The molecular formula is C17H18Cl2FN. The summed E-state index contributed by atoms with van der Waals surface area (Å²) in [4.78, 5) is 0. The van der Waals surface area contributed by atoms with Gasteiger partial charge in [-0.25, -0.2) is 4.39 Å². The van der Waals surface area contributed by atoms with E-state index in [1.807, 2.05) is 24.3 Å². The maximum Gasteiger partial charge on any atom is 0.141 e. The van der Waals surface area contributed by atoms with Crippen molar-refractivity contribution in [1.82, 2.24) is 5.32 Å². The van der Waals surface area contributed by atoms with E-state index in [2.05, 4.69) is 12.2 Å². The molecule has 2 rings (SSSR count). The van der Waals surface area contributed by atoms with Crippen LogP contribution in [-0.2, 0) is 6.42 Å². The Labute approximate surface area is 135 Å². The predicted molar refractivity (Wildman–Crippen MR) is 87.9 cm³/mol. The number of benzene rings is 2. The number of likely N-dealkylation sites (N-methyl/N-ethyl adjacent to an activating group) is 1. The molecule has 0 aromatic heterocycles. The van der Waals surface area contributed by atoms with E-state index in [-0.39, 0.29) is 10.8 Å². The van der Waals surface area contributed by atoms with Gasteiger partial charge in [0.2, 0.25) is 0 Å². The zero-order chi connectivity index (χ0) is 15.2. The lowest BCUT2D eigenvalue weighted by Crippen LogP contribution is -2.22. The van der Waals surface area contributed by atoms with Gasteiger partial charge in [0.25, 0.3) is 0 Å². The van der Waals surface area contributed by atoms with Crippen molar-refractivity contribution in [2.45, 2.75) is 19.3 Å². The molecule has 0 bridgehead atoms. The monoisotopic (exact) mass is 325 g/mol. The normalized spacial score (nSPS) is 12.4. The average Bonchev–Trinajstić information content (AvgIpc) is 2.48. The summed E-state index contributed by atoms with van der Waals surface area (Å²) in [5, 5.41) is 4.27. The number of halogens is 3. The van der Waals surface area contributed by atoms with Crippen molar-refractivity contribution in [3.63, 3.8) is 0 Å². The molecule has 2 aromatic rings. The van der Waals surface area contributed by atoms with Crippen LogP contribution in [0, 0.1) is 5.82 Å². The van der Waals surface area contributed by atoms with Gasteiger partial charge in [-0.05, 0) is 48.4 Å². The van der Waals surface area contributed by atoms with Gasteiger partial charge < -0.3 is 5.32 Å². The van der Waals surface area contributed by atoms with Gasteiger partial charge in [-0.3, -0.25) is 0 Å². The summed E-state index contributed by atoms with van der Waals surface area (Å²) in [7, 11) is 0. The first-order valence-corrected chi connectivity index (χ1v) is 7.76. The second-order valence-electron chi connectivity index (χ2n) is 5.01. The Morgan fingerprint density at radius 1 is 1.10 bits per heavy atom. The summed E-state index contributed by atoms with van der Waals surface area (Å²) in [6.45, 7) is 3.84. The third-order valence-electron chi connectivity index (χ3n) is 3.45. The SMILES string of the molecule is CCNCC(Cc1ccc(F)c(Cl)c1)c1ccc(Cl)cc1. The summed E-state index contributed by atoms with van der Waals surface area (Å²) < 4.78 is 13.2. The van der Waals surface area contributed by atoms with E-state index >= 15 is 0 Å². The van der Waals surface area contributed by atoms with Crippen LogP contribution < -0.4 is 5.32 Å². The summed E-state index contributed by atoms with van der Waals surface area (Å²) in [6.07, 6.45) is 0.800. The van der Waals surface area contributed by atoms with Gasteiger partial charge >= 0.3 is 0 Å². The molecule has 0 saturated carbocycles. The molecule has 0 amide bonds. The average molecular weight is 326 g/mol. The quantitative estimate of drug-likeness (QED) is 0.782. The molecule has 0 aliphatic heterocycles. The topological polar surface area (TPSA) is 12.0 Å². The minimum atomic E-state index is -0.379. The van der Waals surface area contributed by atoms with Crippen molar-refractivity contribution < 1.29 is 4.39 Å². The van der Waals surface area contributed by atoms with E-state index in [1.165, 1.54) is 11.6 Å². The number of hydrogen-bond acceptors (Lipinski definition) is 1. The summed E-state index contributed by atoms with van der Waals surface area (Å²) in [6, 6.07) is 12.8. The first-order valence-electron chi connectivity index (χ1n) is 7.00. The molecule has 0 heterocycles. The molecule has 1 unspecified atom stereocenters. The smallest absolute Gasteiger partial charge is 0.141 e. The molecule has 2 aromatic carbocycles. The van der Waals surface area contributed by atoms with Crippen LogP contribution in [0.3, 0.4) is 0 Å². The van der Waals surface area contributed by atoms with Crippen LogP contribution in [0.15, 0.2) is 42.5 Å². The van der Waals surface area contributed by atoms with Crippen LogP contribution in [0.25, 0.3) is 0 Å². The minimum Gasteiger partial charge on any atom is -0.316 e. The van der Waals surface area contributed by atoms with E-state index in [9.17, 15) is 4.39 Å². The van der Waals surface area contributed by atoms with E-state index in [4.69, 9.17) is 23.2 Å². The molecule has 1 atom stereocenters. The van der Waals surface area contributed by atoms with Crippen molar-refractivity contribution in [1.29, 1.82) is 0 Å². The van der Waals surface area contributed by atoms with E-state index in [1.54, 1.807) is 12.1 Å². The minimum absolute atomic E-state index is 0.172. The fourth-order valence-corrected chi connectivity index (χ4v) is 2.64. The highest BCUT2D eigenvalue weighted by atomic mass is 35.5. The Kier molecular flexibility index (Phi) is 6.04. The highest BCUT2D eigenvalue weighted by Gasteiger charge is 2.13. The summed E-state index contributed by atoms with van der Waals surface area (Å²) in [5.74, 6) is -0.0844. The fraction of sp³-hybridized carbons (Fsp3) is 0.294. The first-order chi connectivity index (χ1) is 10.1. The maximum atomic E-state index is 13.2. The van der Waals surface area contributed by atoms with Crippen molar-refractivity contribution in [2.24, 2.45) is 0 Å². The Hall–Kier alpha value is -1.09. The third kappa shape index (κ3) is 4.70. The molecule has 4 heteroatoms. The van der Waals surface area contributed by atoms with Crippen LogP contribution in [0.4, 0.5) is 4.39 Å². The Morgan fingerprint density at radius 2 is 1.81 bits per heavy atom. The van der Waals surface area contributed by atoms with Gasteiger partial charge in [0.05, 0.1) is 5.02 Å². The molecule has 1 nitrogen and oxygen atoms in total. The Bertz CT molecular complexity index is 584. The number of nitrogens with one attached hydrogen (secondary N) is 1. The van der Waals surface area contributed by atoms with Gasteiger partial charge in [-0.15, -0.1) is 0 Å². The molecule has 1 N–H and O–H groups in total. The highest BCUT2D eigenvalue weighted by molar-refractivity contribution is 6.31. The second-order valence-corrected chi connectivity index (χ2v) is 5.85. The van der Waals surface area contributed by atoms with Crippen LogP contribution in [-0.4, -0.2) is 13.1 Å². The van der Waals surface area contributed by atoms with E-state index in [0.29, 0.717) is 5.92 Å². The first kappa shape index (κ1) is 16.3. The molecule has 0 radical (unpaired) electrons. The number of hydrogen-bond donors (Lipinski definition) is 1. The van der Waals surface area contributed by atoms with Crippen molar-refractivity contribution in [3.8, 4) is 0 Å². The fourth-order valence-electron chi connectivity index (χ4n) is 2.31. The predicted octanol–water partition coefficient (Wildman–Crippen LogP) is 5.07.